The zero-order valence-corrected chi connectivity index (χ0v) is 16.5. The number of hydrogen-bond acceptors (Lipinski definition) is 7. The van der Waals surface area contributed by atoms with Gasteiger partial charge in [-0.1, -0.05) is 0 Å². The van der Waals surface area contributed by atoms with E-state index in [9.17, 15) is 18.0 Å². The Morgan fingerprint density at radius 3 is 2.60 bits per heavy atom. The van der Waals surface area contributed by atoms with Crippen LogP contribution in [0.2, 0.25) is 0 Å². The monoisotopic (exact) mass is 438 g/mol. The first kappa shape index (κ1) is 24.1. The predicted molar refractivity (Wildman–Crippen MR) is 96.1 cm³/mol. The summed E-state index contributed by atoms with van der Waals surface area (Å²) in [6, 6.07) is 3.42. The summed E-state index contributed by atoms with van der Waals surface area (Å²) in [5, 5.41) is 7.12. The van der Waals surface area contributed by atoms with Gasteiger partial charge in [-0.25, -0.2) is 4.79 Å². The summed E-state index contributed by atoms with van der Waals surface area (Å²) >= 11 is 0. The first-order valence-electron chi connectivity index (χ1n) is 9.23. The van der Waals surface area contributed by atoms with Gasteiger partial charge in [-0.15, -0.1) is 0 Å². The molecule has 2 saturated heterocycles. The van der Waals surface area contributed by atoms with E-state index in [4.69, 9.17) is 28.5 Å². The molecule has 3 heterocycles. The maximum atomic E-state index is 12.5. The highest BCUT2D eigenvalue weighted by Crippen LogP contribution is 2.24. The minimum Gasteiger partial charge on any atom is -0.475 e. The number of nitrogens with zero attached hydrogens (tertiary/aromatic N) is 2. The summed E-state index contributed by atoms with van der Waals surface area (Å²) in [6.07, 6.45) is -3.56. The van der Waals surface area contributed by atoms with E-state index in [0.29, 0.717) is 45.3 Å². The normalized spacial score (nSPS) is 22.9. The Labute approximate surface area is 171 Å². The van der Waals surface area contributed by atoms with Crippen LogP contribution in [-0.4, -0.2) is 105 Å². The lowest BCUT2D eigenvalue weighted by molar-refractivity contribution is -0.192. The lowest BCUT2D eigenvalue weighted by atomic mass is 10.0. The Morgan fingerprint density at radius 1 is 1.27 bits per heavy atom. The minimum absolute atomic E-state index is 0.0923. The molecular formula is C18H25F3N2O7. The van der Waals surface area contributed by atoms with Crippen LogP contribution in [0.4, 0.5) is 13.2 Å². The highest BCUT2D eigenvalue weighted by Gasteiger charge is 2.42. The molecule has 1 unspecified atom stereocenters. The average molecular weight is 438 g/mol. The molecule has 2 aliphatic heterocycles. The number of carboxylic acid groups (broad SMARTS) is 1. The van der Waals surface area contributed by atoms with Gasteiger partial charge in [0.05, 0.1) is 39.2 Å². The minimum atomic E-state index is -5.08. The first-order valence-corrected chi connectivity index (χ1v) is 9.23. The number of aliphatic carboxylic acids is 1. The van der Waals surface area contributed by atoms with E-state index in [-0.39, 0.29) is 5.91 Å². The van der Waals surface area contributed by atoms with Crippen molar-refractivity contribution in [1.82, 2.24) is 9.80 Å². The van der Waals surface area contributed by atoms with E-state index < -0.39 is 17.7 Å². The molecule has 3 rings (SSSR count). The number of carbonyl (C=O) groups is 2. The van der Waals surface area contributed by atoms with Crippen LogP contribution in [-0.2, 0) is 19.0 Å². The SMILES string of the molecule is COCCN1CCOCC2(C1)CN(C(=O)c1ccco1)CCO2.O=C(O)C(F)(F)F. The Balaban J connectivity index is 0.000000396. The third-order valence-electron chi connectivity index (χ3n) is 4.55. The summed E-state index contributed by atoms with van der Waals surface area (Å²) in [5.74, 6) is -2.48. The van der Waals surface area contributed by atoms with Crippen molar-refractivity contribution >= 4 is 11.9 Å². The molecule has 1 atom stereocenters. The van der Waals surface area contributed by atoms with Gasteiger partial charge >= 0.3 is 12.1 Å². The molecule has 0 radical (unpaired) electrons. The molecule has 1 spiro atoms. The van der Waals surface area contributed by atoms with Crippen molar-refractivity contribution in [3.63, 3.8) is 0 Å². The Hall–Kier alpha value is -2.15. The second-order valence-corrected chi connectivity index (χ2v) is 6.86. The molecule has 1 aromatic heterocycles. The van der Waals surface area contributed by atoms with Gasteiger partial charge in [0.2, 0.25) is 0 Å². The Morgan fingerprint density at radius 2 is 2.00 bits per heavy atom. The number of amides is 1. The molecule has 0 bridgehead atoms. The van der Waals surface area contributed by atoms with Crippen molar-refractivity contribution < 1.29 is 46.5 Å². The number of ether oxygens (including phenoxy) is 3. The molecule has 170 valence electrons. The fourth-order valence-corrected chi connectivity index (χ4v) is 3.15. The lowest BCUT2D eigenvalue weighted by Crippen LogP contribution is -2.60. The lowest BCUT2D eigenvalue weighted by Gasteiger charge is -2.43. The van der Waals surface area contributed by atoms with Crippen LogP contribution in [0.5, 0.6) is 0 Å². The standard InChI is InChI=1S/C16H24N2O5.C2HF3O2/c1-20-8-4-17-5-9-21-13-16(11-17)12-18(6-10-23-16)15(19)14-3-2-7-22-14;3-2(4,5)1(6)7/h2-3,7H,4-6,8-13H2,1H3;(H,6,7). The number of hydrogen-bond donors (Lipinski definition) is 1. The van der Waals surface area contributed by atoms with Gasteiger partial charge in [-0.2, -0.15) is 13.2 Å². The van der Waals surface area contributed by atoms with Gasteiger partial charge < -0.3 is 28.6 Å². The summed E-state index contributed by atoms with van der Waals surface area (Å²) in [7, 11) is 1.70. The smallest absolute Gasteiger partial charge is 0.475 e. The van der Waals surface area contributed by atoms with Crippen LogP contribution in [0.15, 0.2) is 22.8 Å². The van der Waals surface area contributed by atoms with Crippen molar-refractivity contribution in [2.24, 2.45) is 0 Å². The average Bonchev–Trinajstić information content (AvgIpc) is 3.16. The second kappa shape index (κ2) is 10.8. The van der Waals surface area contributed by atoms with Crippen molar-refractivity contribution in [3.8, 4) is 0 Å². The Kier molecular flexibility index (Phi) is 8.65. The van der Waals surface area contributed by atoms with Crippen molar-refractivity contribution in [2.45, 2.75) is 11.8 Å². The quantitative estimate of drug-likeness (QED) is 0.746. The van der Waals surface area contributed by atoms with E-state index in [0.717, 1.165) is 19.6 Å². The van der Waals surface area contributed by atoms with Crippen LogP contribution >= 0.6 is 0 Å². The number of carboxylic acids is 1. The number of furan rings is 1. The number of alkyl halides is 3. The zero-order chi connectivity index (χ0) is 22.2. The number of carbonyl (C=O) groups excluding carboxylic acids is 1. The number of rotatable bonds is 4. The molecule has 30 heavy (non-hydrogen) atoms. The van der Waals surface area contributed by atoms with E-state index in [1.165, 1.54) is 6.26 Å². The molecule has 0 aromatic carbocycles. The summed E-state index contributed by atoms with van der Waals surface area (Å²) in [5.41, 5.74) is -0.481. The molecule has 12 heteroatoms. The van der Waals surface area contributed by atoms with Gasteiger partial charge in [0, 0.05) is 33.3 Å². The number of halogens is 3. The third kappa shape index (κ3) is 6.97. The zero-order valence-electron chi connectivity index (χ0n) is 16.5. The largest absolute Gasteiger partial charge is 0.490 e. The fraction of sp³-hybridized carbons (Fsp3) is 0.667. The molecule has 2 aliphatic rings. The summed E-state index contributed by atoms with van der Waals surface area (Å²) < 4.78 is 53.9. The summed E-state index contributed by atoms with van der Waals surface area (Å²) in [6.45, 7) is 5.84. The van der Waals surface area contributed by atoms with Gasteiger partial charge in [0.25, 0.3) is 5.91 Å². The molecule has 9 nitrogen and oxygen atoms in total. The van der Waals surface area contributed by atoms with Crippen LogP contribution in [0.3, 0.4) is 0 Å². The third-order valence-corrected chi connectivity index (χ3v) is 4.55. The van der Waals surface area contributed by atoms with Gasteiger partial charge in [-0.3, -0.25) is 9.69 Å². The molecule has 0 aliphatic carbocycles. The van der Waals surface area contributed by atoms with Crippen LogP contribution in [0.25, 0.3) is 0 Å². The topological polar surface area (TPSA) is 102 Å². The maximum Gasteiger partial charge on any atom is 0.490 e. The van der Waals surface area contributed by atoms with Crippen molar-refractivity contribution in [3.05, 3.63) is 24.2 Å². The predicted octanol–water partition coefficient (Wildman–Crippen LogP) is 1.10. The molecule has 1 N–H and O–H groups in total. The highest BCUT2D eigenvalue weighted by atomic mass is 19.4. The van der Waals surface area contributed by atoms with E-state index >= 15 is 0 Å². The van der Waals surface area contributed by atoms with E-state index in [1.54, 1.807) is 24.1 Å². The molecule has 0 saturated carbocycles. The Bertz CT molecular complexity index is 684. The fourth-order valence-electron chi connectivity index (χ4n) is 3.15. The maximum absolute atomic E-state index is 12.5. The van der Waals surface area contributed by atoms with Crippen LogP contribution in [0, 0.1) is 0 Å². The first-order chi connectivity index (χ1) is 14.2. The second-order valence-electron chi connectivity index (χ2n) is 6.86. The van der Waals surface area contributed by atoms with E-state index in [1.807, 2.05) is 0 Å². The van der Waals surface area contributed by atoms with E-state index in [2.05, 4.69) is 4.90 Å². The van der Waals surface area contributed by atoms with Crippen molar-refractivity contribution in [1.29, 1.82) is 0 Å². The number of morpholine rings is 1. The van der Waals surface area contributed by atoms with Gasteiger partial charge in [-0.05, 0) is 12.1 Å². The molecule has 1 amide bonds. The molecular weight excluding hydrogens is 413 g/mol. The molecule has 1 aromatic rings. The number of methoxy groups -OCH3 is 1. The molecule has 2 fully saturated rings. The van der Waals surface area contributed by atoms with Gasteiger partial charge in [0.1, 0.15) is 5.60 Å². The van der Waals surface area contributed by atoms with Crippen LogP contribution < -0.4 is 0 Å². The van der Waals surface area contributed by atoms with Gasteiger partial charge in [0.15, 0.2) is 5.76 Å². The summed E-state index contributed by atoms with van der Waals surface area (Å²) in [4.78, 5) is 25.5. The van der Waals surface area contributed by atoms with Crippen molar-refractivity contribution in [2.75, 3.05) is 66.3 Å². The van der Waals surface area contributed by atoms with Crippen LogP contribution in [0.1, 0.15) is 10.6 Å². The highest BCUT2D eigenvalue weighted by molar-refractivity contribution is 5.91.